The van der Waals surface area contributed by atoms with Gasteiger partial charge in [0.05, 0.1) is 26.9 Å². The number of non-ortho nitro benzene ring substituents is 2. The Hall–Kier alpha value is -9.75. The van der Waals surface area contributed by atoms with Crippen molar-refractivity contribution in [3.05, 3.63) is 212 Å². The Morgan fingerprint density at radius 3 is 1.45 bits per heavy atom. The Morgan fingerprint density at radius 1 is 0.559 bits per heavy atom. The lowest BCUT2D eigenvalue weighted by atomic mass is 9.87. The first kappa shape index (κ1) is 74.0. The summed E-state index contributed by atoms with van der Waals surface area (Å²) >= 11 is 0. The molecule has 2 amide bonds. The van der Waals surface area contributed by atoms with E-state index in [2.05, 4.69) is 143 Å². The second-order valence-corrected chi connectivity index (χ2v) is 27.1. The number of carbonyl (C=O) groups excluding carboxylic acids is 3. The summed E-state index contributed by atoms with van der Waals surface area (Å²) in [6.45, 7) is 35.7. The van der Waals surface area contributed by atoms with Crippen molar-refractivity contribution in [1.29, 1.82) is 0 Å². The van der Waals surface area contributed by atoms with Gasteiger partial charge in [-0.25, -0.2) is 0 Å². The predicted molar refractivity (Wildman–Crippen MR) is 385 cm³/mol. The molecular formula is C74H96N12O7. The van der Waals surface area contributed by atoms with Crippen LogP contribution in [0.15, 0.2) is 174 Å². The number of hydrogen-bond donors (Lipinski definition) is 6. The van der Waals surface area contributed by atoms with Gasteiger partial charge in [0.1, 0.15) is 6.29 Å². The first-order valence-corrected chi connectivity index (χ1v) is 31.2. The van der Waals surface area contributed by atoms with Crippen molar-refractivity contribution in [2.75, 3.05) is 63.2 Å². The summed E-state index contributed by atoms with van der Waals surface area (Å²) in [7, 11) is 0. The van der Waals surface area contributed by atoms with Crippen molar-refractivity contribution in [1.82, 2.24) is 0 Å². The number of nitro groups is 2. The molecule has 93 heavy (non-hydrogen) atoms. The number of nitro benzene ring substituents is 2. The summed E-state index contributed by atoms with van der Waals surface area (Å²) in [4.78, 5) is 60.7. The van der Waals surface area contributed by atoms with Crippen molar-refractivity contribution in [3.63, 3.8) is 0 Å². The van der Waals surface area contributed by atoms with E-state index < -0.39 is 4.92 Å². The van der Waals surface area contributed by atoms with Crippen LogP contribution in [0.2, 0.25) is 0 Å². The molecule has 0 aromatic heterocycles. The highest BCUT2D eigenvalue weighted by molar-refractivity contribution is 5.96. The van der Waals surface area contributed by atoms with Crippen molar-refractivity contribution >= 4 is 87.4 Å². The SMILES string of the molecule is CC(=O)N1CC(C)(C)c2ccc(N)cc21.CC(=O)N1CC(C)(C)c2ccc([N+](=O)[O-])cc21.CC(C)/C=N/Nc1ccccc1.CC(C)C=O.CC1(C)C=Nc2ccccc21.CC1(C)CNc2cc([N+](=O)[O-])ccc21.CC1(C)CNc2ccccc21.NNc1ccccc1. The number of hydrogen-bond acceptors (Lipinski definition) is 15. The number of anilines is 7. The van der Waals surface area contributed by atoms with Crippen LogP contribution in [0.5, 0.6) is 0 Å². The maximum absolute atomic E-state index is 11.5. The maximum atomic E-state index is 11.5. The second kappa shape index (κ2) is 32.5. The third-order valence-corrected chi connectivity index (χ3v) is 15.8. The molecule has 5 heterocycles. The number of aliphatic imine (C=N–C) groups is 1. The lowest BCUT2D eigenvalue weighted by molar-refractivity contribution is -0.385. The van der Waals surface area contributed by atoms with Crippen LogP contribution >= 0.6 is 0 Å². The van der Waals surface area contributed by atoms with Gasteiger partial charge in [0.15, 0.2) is 0 Å². The molecule has 0 saturated heterocycles. The molecule has 0 atom stereocenters. The molecule has 12 rings (SSSR count). The number of para-hydroxylation sites is 4. The maximum Gasteiger partial charge on any atom is 0.271 e. The average molecular weight is 1270 g/mol. The summed E-state index contributed by atoms with van der Waals surface area (Å²) in [6, 6.07) is 51.8. The van der Waals surface area contributed by atoms with Crippen molar-refractivity contribution in [2.45, 2.75) is 138 Å². The first-order valence-electron chi connectivity index (χ1n) is 31.2. The molecule has 0 unspecified atom stereocenters. The molecular weight excluding hydrogens is 1170 g/mol. The van der Waals surface area contributed by atoms with E-state index in [-0.39, 0.29) is 55.7 Å². The number of carbonyl (C=O) groups is 3. The van der Waals surface area contributed by atoms with Crippen LogP contribution in [0.1, 0.15) is 139 Å². The van der Waals surface area contributed by atoms with Crippen molar-refractivity contribution < 1.29 is 24.2 Å². The van der Waals surface area contributed by atoms with E-state index in [1.165, 1.54) is 41.4 Å². The molecule has 19 nitrogen and oxygen atoms in total. The van der Waals surface area contributed by atoms with Gasteiger partial charge >= 0.3 is 0 Å². The fourth-order valence-electron chi connectivity index (χ4n) is 10.6. The van der Waals surface area contributed by atoms with Crippen LogP contribution < -0.4 is 42.9 Å². The number of nitrogens with zero attached hydrogens (tertiary/aromatic N) is 6. The third kappa shape index (κ3) is 20.9. The summed E-state index contributed by atoms with van der Waals surface area (Å²) in [5, 5.41) is 31.9. The highest BCUT2D eigenvalue weighted by Crippen LogP contribution is 2.44. The van der Waals surface area contributed by atoms with Crippen molar-refractivity contribution in [2.24, 2.45) is 27.8 Å². The smallest absolute Gasteiger partial charge is 0.271 e. The minimum Gasteiger partial charge on any atom is -0.399 e. The fraction of sp³-hybridized carbons (Fsp3) is 0.365. The number of aldehydes is 1. The molecule has 8 N–H and O–H groups in total. The minimum atomic E-state index is -0.441. The molecule has 19 heteroatoms. The number of benzene rings is 7. The second-order valence-electron chi connectivity index (χ2n) is 27.1. The Kier molecular flexibility index (Phi) is 25.9. The Balaban J connectivity index is 0.000000196. The van der Waals surface area contributed by atoms with Gasteiger partial charge in [0, 0.05) is 138 Å². The van der Waals surface area contributed by atoms with E-state index in [1.807, 2.05) is 131 Å². The molecule has 5 aliphatic rings. The number of fused-ring (bicyclic) bond motifs is 5. The lowest BCUT2D eigenvalue weighted by Crippen LogP contribution is -2.31. The van der Waals surface area contributed by atoms with Gasteiger partial charge in [0.2, 0.25) is 11.8 Å². The monoisotopic (exact) mass is 1260 g/mol. The standard InChI is InChI=1S/C12H14N2O3.C12H16N2O.C10H12N2O2.C10H14N2.C10H13N.C10H11N.C6H8N2.C4H8O/c1-8(15)13-7-12(2,3)10-5-4-9(14(16)17)6-11(10)13;1-8(15)14-7-12(2,3)10-5-4-9(13)6-11(10)14;1-10(2)6-11-9-5-7(12(13)14)3-4-8(9)10;1-9(2)8-11-12-10-6-4-3-5-7-10;2*1-10(2)7-11-9-6-4-3-5-8(9)10;7-8-6-4-2-1-3-5-6;1-4(2)3-5/h4-6H,7H2,1-3H3;4-6H,7,13H2,1-3H3;3-5,11H,6H2,1-2H3;3-9,12H,1-2H3;3-6,11H,7H2,1-2H3;3-7H,1-2H3;1-5,8H,7H2;3-4H,1-2H3/b;;;11-8+;;;;. The van der Waals surface area contributed by atoms with E-state index in [0.717, 1.165) is 65.5 Å². The van der Waals surface area contributed by atoms with E-state index in [0.29, 0.717) is 29.3 Å². The minimum absolute atomic E-state index is 0.0210. The van der Waals surface area contributed by atoms with Gasteiger partial charge in [-0.2, -0.15) is 5.10 Å². The molecule has 0 bridgehead atoms. The van der Waals surface area contributed by atoms with Crippen LogP contribution in [0.4, 0.5) is 56.9 Å². The zero-order chi connectivity index (χ0) is 69.1. The van der Waals surface area contributed by atoms with Gasteiger partial charge in [-0.1, -0.05) is 176 Å². The summed E-state index contributed by atoms with van der Waals surface area (Å²) in [6.07, 6.45) is 4.81. The lowest BCUT2D eigenvalue weighted by Gasteiger charge is -2.19. The number of hydrazine groups is 1. The number of hydrazone groups is 1. The highest BCUT2D eigenvalue weighted by atomic mass is 16.6. The molecule has 494 valence electrons. The number of nitrogens with two attached hydrogens (primary N) is 2. The average Bonchev–Trinajstić information content (AvgIpc) is 1.75. The quantitative estimate of drug-likeness (QED) is 0.0217. The fourth-order valence-corrected chi connectivity index (χ4v) is 10.6. The van der Waals surface area contributed by atoms with E-state index >= 15 is 0 Å². The molecule has 0 fully saturated rings. The van der Waals surface area contributed by atoms with Crippen LogP contribution in [0.25, 0.3) is 0 Å². The molecule has 0 saturated carbocycles. The Morgan fingerprint density at radius 2 is 0.989 bits per heavy atom. The van der Waals surface area contributed by atoms with Gasteiger partial charge in [-0.3, -0.25) is 46.1 Å². The topological polar surface area (TPSA) is 269 Å². The number of nitrogen functional groups attached to an aromatic ring is 2. The Bertz CT molecular complexity index is 3720. The van der Waals surface area contributed by atoms with Crippen LogP contribution in [-0.2, 0) is 41.5 Å². The van der Waals surface area contributed by atoms with Gasteiger partial charge in [0.25, 0.3) is 11.4 Å². The molecule has 7 aromatic carbocycles. The zero-order valence-electron chi connectivity index (χ0n) is 57.0. The number of amides is 2. The Labute approximate surface area is 549 Å². The summed E-state index contributed by atoms with van der Waals surface area (Å²) in [5.74, 6) is 5.78. The largest absolute Gasteiger partial charge is 0.399 e. The predicted octanol–water partition coefficient (Wildman–Crippen LogP) is 16.1. The van der Waals surface area contributed by atoms with Gasteiger partial charge < -0.3 is 36.4 Å². The highest BCUT2D eigenvalue weighted by Gasteiger charge is 2.39. The van der Waals surface area contributed by atoms with Crippen LogP contribution in [0, 0.1) is 32.1 Å². The van der Waals surface area contributed by atoms with Crippen LogP contribution in [0.3, 0.4) is 0 Å². The van der Waals surface area contributed by atoms with E-state index in [1.54, 1.807) is 34.9 Å². The number of rotatable bonds is 7. The number of nitrogens with one attached hydrogen (secondary N) is 4. The molecule has 5 aliphatic heterocycles. The summed E-state index contributed by atoms with van der Waals surface area (Å²) < 4.78 is 0. The van der Waals surface area contributed by atoms with Gasteiger partial charge in [-0.05, 0) is 94.4 Å². The molecule has 0 aliphatic carbocycles. The zero-order valence-corrected chi connectivity index (χ0v) is 57.0. The normalized spacial score (nSPS) is 15.6. The third-order valence-electron chi connectivity index (χ3n) is 15.8. The van der Waals surface area contributed by atoms with E-state index in [4.69, 9.17) is 11.6 Å². The summed E-state index contributed by atoms with van der Waals surface area (Å²) in [5.41, 5.74) is 25.5. The van der Waals surface area contributed by atoms with E-state index in [9.17, 15) is 34.6 Å². The first-order chi connectivity index (χ1) is 43.6. The van der Waals surface area contributed by atoms with Gasteiger partial charge in [-0.15, -0.1) is 0 Å². The molecule has 0 radical (unpaired) electrons. The molecule has 7 aromatic rings. The molecule has 0 spiro atoms. The van der Waals surface area contributed by atoms with Crippen molar-refractivity contribution in [3.8, 4) is 0 Å². The van der Waals surface area contributed by atoms with Crippen LogP contribution in [-0.4, -0.2) is 66.6 Å².